The molecule has 1 aliphatic rings. The number of carbonyl (C=O) groups is 2. The molecule has 154 valence electrons. The third kappa shape index (κ3) is 5.21. The van der Waals surface area contributed by atoms with Crippen LogP contribution in [0.2, 0.25) is 0 Å². The van der Waals surface area contributed by atoms with Crippen LogP contribution in [0.1, 0.15) is 15.9 Å². The zero-order valence-electron chi connectivity index (χ0n) is 15.3. The molecule has 2 heterocycles. The van der Waals surface area contributed by atoms with Gasteiger partial charge < -0.3 is 15.2 Å². The molecule has 0 spiro atoms. The zero-order chi connectivity index (χ0) is 21.0. The van der Waals surface area contributed by atoms with Crippen molar-refractivity contribution in [2.24, 2.45) is 0 Å². The van der Waals surface area contributed by atoms with E-state index < -0.39 is 17.6 Å². The van der Waals surface area contributed by atoms with Gasteiger partial charge >= 0.3 is 6.18 Å². The Bertz CT molecular complexity index is 953. The second-order valence-electron chi connectivity index (χ2n) is 6.57. The van der Waals surface area contributed by atoms with E-state index in [1.165, 1.54) is 18.2 Å². The molecule has 2 amide bonds. The smallest absolute Gasteiger partial charge is 0.352 e. The normalized spacial score (nSPS) is 15.2. The number of anilines is 1. The number of hydrogen-bond acceptors (Lipinski definition) is 4. The summed E-state index contributed by atoms with van der Waals surface area (Å²) in [4.78, 5) is 31.0. The molecule has 6 nitrogen and oxygen atoms in total. The van der Waals surface area contributed by atoms with E-state index in [-0.39, 0.29) is 18.1 Å². The number of para-hydroxylation sites is 1. The Morgan fingerprint density at radius 2 is 1.76 bits per heavy atom. The molecule has 1 aromatic heterocycles. The molecular weight excluding hydrogens is 405 g/mol. The van der Waals surface area contributed by atoms with Crippen LogP contribution in [0.15, 0.2) is 42.6 Å². The van der Waals surface area contributed by atoms with Gasteiger partial charge in [-0.1, -0.05) is 24.4 Å². The van der Waals surface area contributed by atoms with Crippen LogP contribution >= 0.6 is 12.2 Å². The number of nitrogens with zero attached hydrogens (tertiary/aromatic N) is 2. The van der Waals surface area contributed by atoms with Gasteiger partial charge in [-0.05, 0) is 24.3 Å². The van der Waals surface area contributed by atoms with Gasteiger partial charge in [0.2, 0.25) is 5.91 Å². The zero-order valence-corrected chi connectivity index (χ0v) is 16.1. The van der Waals surface area contributed by atoms with Crippen molar-refractivity contribution < 1.29 is 22.8 Å². The van der Waals surface area contributed by atoms with E-state index in [0.717, 1.165) is 6.07 Å². The predicted octanol–water partition coefficient (Wildman–Crippen LogP) is 3.16. The monoisotopic (exact) mass is 424 g/mol. The standard InChI is InChI=1S/C19H19F3N4O2S/c20-19(21,22)14-5-1-2-6-15(14)24-16(27)12-25-8-10-26(11-9-25)18(28)13-4-3-7-23-17(13)29/h1-7H,8-12H2,(H,23,29)(H,24,27). The van der Waals surface area contributed by atoms with Gasteiger partial charge in [0.05, 0.1) is 23.4 Å². The van der Waals surface area contributed by atoms with Crippen molar-refractivity contribution in [3.63, 3.8) is 0 Å². The van der Waals surface area contributed by atoms with E-state index in [4.69, 9.17) is 12.2 Å². The molecule has 1 aliphatic heterocycles. The van der Waals surface area contributed by atoms with Crippen LogP contribution in [-0.2, 0) is 11.0 Å². The van der Waals surface area contributed by atoms with E-state index in [1.54, 1.807) is 28.1 Å². The molecule has 1 saturated heterocycles. The minimum absolute atomic E-state index is 0.0559. The Morgan fingerprint density at radius 1 is 1.07 bits per heavy atom. The predicted molar refractivity (Wildman–Crippen MR) is 104 cm³/mol. The first kappa shape index (κ1) is 21.0. The summed E-state index contributed by atoms with van der Waals surface area (Å²) in [5.74, 6) is -0.720. The molecule has 0 aliphatic carbocycles. The number of alkyl halides is 3. The summed E-state index contributed by atoms with van der Waals surface area (Å²) in [6, 6.07) is 8.20. The third-order valence-corrected chi connectivity index (χ3v) is 4.92. The SMILES string of the molecule is O=C(CN1CCN(C(=O)c2ccc[nH]c2=S)CC1)Nc1ccccc1C(F)(F)F. The van der Waals surface area contributed by atoms with E-state index in [2.05, 4.69) is 10.3 Å². The lowest BCUT2D eigenvalue weighted by Gasteiger charge is -2.34. The number of benzene rings is 1. The largest absolute Gasteiger partial charge is 0.418 e. The van der Waals surface area contributed by atoms with Gasteiger partial charge in [0.15, 0.2) is 0 Å². The van der Waals surface area contributed by atoms with Crippen LogP contribution in [0.4, 0.5) is 18.9 Å². The fourth-order valence-corrected chi connectivity index (χ4v) is 3.32. The first-order valence-electron chi connectivity index (χ1n) is 8.91. The van der Waals surface area contributed by atoms with Gasteiger partial charge in [0.25, 0.3) is 5.91 Å². The minimum Gasteiger partial charge on any atom is -0.352 e. The van der Waals surface area contributed by atoms with Gasteiger partial charge in [-0.25, -0.2) is 0 Å². The maximum absolute atomic E-state index is 13.0. The lowest BCUT2D eigenvalue weighted by molar-refractivity contribution is -0.137. The van der Waals surface area contributed by atoms with Gasteiger partial charge in [-0.15, -0.1) is 0 Å². The molecule has 0 saturated carbocycles. The van der Waals surface area contributed by atoms with Crippen molar-refractivity contribution in [2.45, 2.75) is 6.18 Å². The number of carbonyl (C=O) groups excluding carboxylic acids is 2. The Kier molecular flexibility index (Phi) is 6.33. The Labute approximate surface area is 170 Å². The average molecular weight is 424 g/mol. The van der Waals surface area contributed by atoms with E-state index >= 15 is 0 Å². The van der Waals surface area contributed by atoms with Crippen molar-refractivity contribution in [2.75, 3.05) is 38.0 Å². The summed E-state index contributed by atoms with van der Waals surface area (Å²) in [5, 5.41) is 2.33. The number of nitrogens with one attached hydrogen (secondary N) is 2. The number of pyridine rings is 1. The van der Waals surface area contributed by atoms with Gasteiger partial charge in [0, 0.05) is 32.4 Å². The molecular formula is C19H19F3N4O2S. The highest BCUT2D eigenvalue weighted by Gasteiger charge is 2.33. The summed E-state index contributed by atoms with van der Waals surface area (Å²) < 4.78 is 39.5. The molecule has 2 aromatic rings. The van der Waals surface area contributed by atoms with Crippen LogP contribution < -0.4 is 5.32 Å². The highest BCUT2D eigenvalue weighted by Crippen LogP contribution is 2.34. The quantitative estimate of drug-likeness (QED) is 0.740. The second-order valence-corrected chi connectivity index (χ2v) is 6.98. The lowest BCUT2D eigenvalue weighted by Crippen LogP contribution is -2.50. The summed E-state index contributed by atoms with van der Waals surface area (Å²) in [6.07, 6.45) is -2.90. The molecule has 1 aromatic carbocycles. The number of halogens is 3. The van der Waals surface area contributed by atoms with Crippen molar-refractivity contribution in [3.8, 4) is 0 Å². The van der Waals surface area contributed by atoms with E-state index in [1.807, 2.05) is 0 Å². The number of hydrogen-bond donors (Lipinski definition) is 2. The molecule has 0 bridgehead atoms. The van der Waals surface area contributed by atoms with E-state index in [9.17, 15) is 22.8 Å². The first-order chi connectivity index (χ1) is 13.8. The fraction of sp³-hybridized carbons (Fsp3) is 0.316. The van der Waals surface area contributed by atoms with Crippen LogP contribution in [-0.4, -0.2) is 59.3 Å². The maximum Gasteiger partial charge on any atom is 0.418 e. The molecule has 0 atom stereocenters. The summed E-state index contributed by atoms with van der Waals surface area (Å²) in [7, 11) is 0. The lowest BCUT2D eigenvalue weighted by atomic mass is 10.1. The summed E-state index contributed by atoms with van der Waals surface area (Å²) >= 11 is 5.13. The number of rotatable bonds is 4. The molecule has 1 fully saturated rings. The Morgan fingerprint density at radius 3 is 2.41 bits per heavy atom. The number of aromatic amines is 1. The van der Waals surface area contributed by atoms with Crippen LogP contribution in [0, 0.1) is 4.64 Å². The van der Waals surface area contributed by atoms with Crippen molar-refractivity contribution in [1.29, 1.82) is 0 Å². The van der Waals surface area contributed by atoms with Crippen LogP contribution in [0.3, 0.4) is 0 Å². The van der Waals surface area contributed by atoms with E-state index in [0.29, 0.717) is 36.4 Å². The highest BCUT2D eigenvalue weighted by atomic mass is 32.1. The number of amides is 2. The highest BCUT2D eigenvalue weighted by molar-refractivity contribution is 7.71. The van der Waals surface area contributed by atoms with Crippen LogP contribution in [0.25, 0.3) is 0 Å². The van der Waals surface area contributed by atoms with Crippen molar-refractivity contribution >= 4 is 29.7 Å². The van der Waals surface area contributed by atoms with Crippen LogP contribution in [0.5, 0.6) is 0 Å². The Balaban J connectivity index is 1.55. The van der Waals surface area contributed by atoms with Gasteiger partial charge in [-0.3, -0.25) is 14.5 Å². The fourth-order valence-electron chi connectivity index (χ4n) is 3.10. The number of piperazine rings is 1. The molecule has 3 rings (SSSR count). The van der Waals surface area contributed by atoms with Crippen molar-refractivity contribution in [1.82, 2.24) is 14.8 Å². The summed E-state index contributed by atoms with van der Waals surface area (Å²) in [5.41, 5.74) is -0.738. The van der Waals surface area contributed by atoms with Crippen molar-refractivity contribution in [3.05, 3.63) is 58.4 Å². The molecule has 2 N–H and O–H groups in total. The second kappa shape index (κ2) is 8.75. The molecule has 29 heavy (non-hydrogen) atoms. The number of H-pyrrole nitrogens is 1. The van der Waals surface area contributed by atoms with Gasteiger partial charge in [-0.2, -0.15) is 13.2 Å². The first-order valence-corrected chi connectivity index (χ1v) is 9.32. The molecule has 10 heteroatoms. The third-order valence-electron chi connectivity index (χ3n) is 4.58. The average Bonchev–Trinajstić information content (AvgIpc) is 2.68. The summed E-state index contributed by atoms with van der Waals surface area (Å²) in [6.45, 7) is 1.61. The molecule has 0 unspecified atom stereocenters. The topological polar surface area (TPSA) is 68.4 Å². The maximum atomic E-state index is 13.0. The minimum atomic E-state index is -4.55. The van der Waals surface area contributed by atoms with Gasteiger partial charge in [0.1, 0.15) is 4.64 Å². The number of aromatic nitrogens is 1. The Hall–Kier alpha value is -2.72. The molecule has 0 radical (unpaired) electrons.